The number of carbonyl (C=O) groups is 2. The molecule has 2 N–H and O–H groups in total. The molecular formula is C10H22O6. The average molecular weight is 238 g/mol. The topological polar surface area (TPSA) is 93.1 Å². The summed E-state index contributed by atoms with van der Waals surface area (Å²) in [6.07, 6.45) is 1.17. The first-order chi connectivity index (χ1) is 7.08. The molecule has 98 valence electrons. The van der Waals surface area contributed by atoms with Crippen LogP contribution in [-0.4, -0.2) is 42.7 Å². The molecule has 0 aliphatic carbocycles. The number of aliphatic hydroxyl groups is 1. The molecule has 0 unspecified atom stereocenters. The van der Waals surface area contributed by atoms with Gasteiger partial charge in [0.15, 0.2) is 0 Å². The fraction of sp³-hybridized carbons (Fsp3) is 0.800. The van der Waals surface area contributed by atoms with Crippen molar-refractivity contribution in [1.29, 1.82) is 0 Å². The van der Waals surface area contributed by atoms with Crippen LogP contribution in [0.1, 0.15) is 33.6 Å². The van der Waals surface area contributed by atoms with E-state index < -0.39 is 6.16 Å². The third-order valence-electron chi connectivity index (χ3n) is 1.19. The van der Waals surface area contributed by atoms with Crippen molar-refractivity contribution in [2.75, 3.05) is 20.3 Å². The molecule has 1 aliphatic rings. The third-order valence-corrected chi connectivity index (χ3v) is 1.19. The van der Waals surface area contributed by atoms with E-state index in [-0.39, 0.29) is 13.4 Å². The molecule has 0 bridgehead atoms. The van der Waals surface area contributed by atoms with Gasteiger partial charge in [-0.1, -0.05) is 14.4 Å². The van der Waals surface area contributed by atoms with Gasteiger partial charge in [-0.25, -0.2) is 4.79 Å². The van der Waals surface area contributed by atoms with E-state index in [2.05, 4.69) is 9.47 Å². The number of aliphatic hydroxyl groups excluding tert-OH is 1. The average Bonchev–Trinajstić information content (AvgIpc) is 2.70. The van der Waals surface area contributed by atoms with Gasteiger partial charge in [0.1, 0.15) is 0 Å². The summed E-state index contributed by atoms with van der Waals surface area (Å²) < 4.78 is 8.18. The molecule has 1 heterocycles. The van der Waals surface area contributed by atoms with Crippen LogP contribution in [0.25, 0.3) is 0 Å². The molecule has 1 saturated heterocycles. The summed E-state index contributed by atoms with van der Waals surface area (Å²) in [6, 6.07) is 0. The van der Waals surface area contributed by atoms with Crippen LogP contribution in [0.4, 0.5) is 4.79 Å². The lowest BCUT2D eigenvalue weighted by Gasteiger charge is -1.81. The van der Waals surface area contributed by atoms with E-state index in [9.17, 15) is 4.79 Å². The Balaban J connectivity index is -0.000000158. The number of hydrogen-bond acceptors (Lipinski definition) is 5. The van der Waals surface area contributed by atoms with Crippen molar-refractivity contribution < 1.29 is 29.3 Å². The highest BCUT2D eigenvalue weighted by atomic mass is 16.6. The summed E-state index contributed by atoms with van der Waals surface area (Å²) in [4.78, 5) is 19.2. The highest BCUT2D eigenvalue weighted by molar-refractivity contribution is 5.70. The molecule has 1 rings (SSSR count). The van der Waals surface area contributed by atoms with E-state index in [4.69, 9.17) is 15.0 Å². The standard InChI is InChI=1S/C4H6O2.C3H8O.C2H4O3.CH4/c5-4-2-1-3-6-4;1-2-3-4;1-5-2(3)4;/h1-3H2;4H,2-3H2,1H3;1H3,(H,3,4);1H4. The van der Waals surface area contributed by atoms with Crippen molar-refractivity contribution >= 4 is 12.1 Å². The van der Waals surface area contributed by atoms with Crippen LogP contribution in [0, 0.1) is 0 Å². The van der Waals surface area contributed by atoms with Gasteiger partial charge < -0.3 is 19.7 Å². The normalized spacial score (nSPS) is 11.8. The van der Waals surface area contributed by atoms with Gasteiger partial charge in [0.05, 0.1) is 13.7 Å². The van der Waals surface area contributed by atoms with Crippen molar-refractivity contribution in [3.63, 3.8) is 0 Å². The summed E-state index contributed by atoms with van der Waals surface area (Å²) in [5.74, 6) is -0.0463. The van der Waals surface area contributed by atoms with Gasteiger partial charge in [0.2, 0.25) is 0 Å². The first-order valence-corrected chi connectivity index (χ1v) is 4.61. The van der Waals surface area contributed by atoms with Crippen LogP contribution in [-0.2, 0) is 14.3 Å². The zero-order valence-electron chi connectivity index (χ0n) is 9.06. The maximum atomic E-state index is 10.0. The van der Waals surface area contributed by atoms with E-state index in [0.717, 1.165) is 20.0 Å². The van der Waals surface area contributed by atoms with Crippen molar-refractivity contribution in [3.8, 4) is 0 Å². The smallest absolute Gasteiger partial charge is 0.466 e. The van der Waals surface area contributed by atoms with E-state index in [0.29, 0.717) is 19.6 Å². The van der Waals surface area contributed by atoms with Gasteiger partial charge in [-0.05, 0) is 12.8 Å². The molecular weight excluding hydrogens is 216 g/mol. The second-order valence-corrected chi connectivity index (χ2v) is 2.52. The summed E-state index contributed by atoms with van der Waals surface area (Å²) in [5, 5.41) is 15.4. The van der Waals surface area contributed by atoms with Gasteiger partial charge in [-0.15, -0.1) is 0 Å². The fourth-order valence-corrected chi connectivity index (χ4v) is 0.475. The van der Waals surface area contributed by atoms with Crippen molar-refractivity contribution in [1.82, 2.24) is 0 Å². The van der Waals surface area contributed by atoms with Crippen molar-refractivity contribution in [3.05, 3.63) is 0 Å². The van der Waals surface area contributed by atoms with E-state index in [1.807, 2.05) is 6.92 Å². The van der Waals surface area contributed by atoms with E-state index in [1.54, 1.807) is 0 Å². The fourth-order valence-electron chi connectivity index (χ4n) is 0.475. The minimum absolute atomic E-state index is 0. The summed E-state index contributed by atoms with van der Waals surface area (Å²) >= 11 is 0. The molecule has 1 aliphatic heterocycles. The lowest BCUT2D eigenvalue weighted by Crippen LogP contribution is -1.91. The molecule has 0 atom stereocenters. The lowest BCUT2D eigenvalue weighted by atomic mass is 10.4. The molecule has 0 aromatic rings. The predicted molar refractivity (Wildman–Crippen MR) is 59.3 cm³/mol. The Morgan fingerprint density at radius 3 is 2.06 bits per heavy atom. The summed E-state index contributed by atoms with van der Waals surface area (Å²) in [5.41, 5.74) is 0. The van der Waals surface area contributed by atoms with Crippen LogP contribution >= 0.6 is 0 Å². The Morgan fingerprint density at radius 2 is 2.00 bits per heavy atom. The number of esters is 1. The number of carbonyl (C=O) groups excluding carboxylic acids is 1. The lowest BCUT2D eigenvalue weighted by molar-refractivity contribution is -0.137. The second kappa shape index (κ2) is 16.1. The highest BCUT2D eigenvalue weighted by Crippen LogP contribution is 2.01. The van der Waals surface area contributed by atoms with Crippen molar-refractivity contribution in [2.45, 2.75) is 33.6 Å². The Hall–Kier alpha value is -1.30. The Labute approximate surface area is 96.2 Å². The Bertz CT molecular complexity index is 159. The van der Waals surface area contributed by atoms with Gasteiger partial charge in [-0.2, -0.15) is 0 Å². The largest absolute Gasteiger partial charge is 0.505 e. The van der Waals surface area contributed by atoms with Crippen molar-refractivity contribution in [2.24, 2.45) is 0 Å². The minimum Gasteiger partial charge on any atom is -0.466 e. The van der Waals surface area contributed by atoms with Gasteiger partial charge in [-0.3, -0.25) is 4.79 Å². The quantitative estimate of drug-likeness (QED) is 0.675. The van der Waals surface area contributed by atoms with E-state index >= 15 is 0 Å². The van der Waals surface area contributed by atoms with Crippen LogP contribution < -0.4 is 0 Å². The second-order valence-electron chi connectivity index (χ2n) is 2.52. The predicted octanol–water partition coefficient (Wildman–Crippen LogP) is 1.66. The first kappa shape index (κ1) is 20.2. The molecule has 0 spiro atoms. The van der Waals surface area contributed by atoms with Crippen LogP contribution in [0.3, 0.4) is 0 Å². The van der Waals surface area contributed by atoms with E-state index in [1.165, 1.54) is 0 Å². The molecule has 0 saturated carbocycles. The van der Waals surface area contributed by atoms with Gasteiger partial charge in [0.25, 0.3) is 0 Å². The monoisotopic (exact) mass is 238 g/mol. The molecule has 0 aromatic heterocycles. The minimum atomic E-state index is -1.25. The Morgan fingerprint density at radius 1 is 1.56 bits per heavy atom. The Kier molecular flexibility index (Phi) is 20.3. The molecule has 0 radical (unpaired) electrons. The first-order valence-electron chi connectivity index (χ1n) is 4.61. The molecule has 0 amide bonds. The zero-order valence-corrected chi connectivity index (χ0v) is 9.06. The van der Waals surface area contributed by atoms with Crippen LogP contribution in [0.5, 0.6) is 0 Å². The maximum Gasteiger partial charge on any atom is 0.505 e. The molecule has 0 aromatic carbocycles. The molecule has 1 fully saturated rings. The van der Waals surface area contributed by atoms with Gasteiger partial charge in [0, 0.05) is 13.0 Å². The number of cyclic esters (lactones) is 1. The number of hydrogen-bond donors (Lipinski definition) is 2. The number of rotatable bonds is 1. The van der Waals surface area contributed by atoms with Gasteiger partial charge >= 0.3 is 12.1 Å². The zero-order chi connectivity index (χ0) is 12.1. The molecule has 16 heavy (non-hydrogen) atoms. The summed E-state index contributed by atoms with van der Waals surface area (Å²) in [6.45, 7) is 2.89. The summed E-state index contributed by atoms with van der Waals surface area (Å²) in [7, 11) is 1.10. The molecule has 6 heteroatoms. The molecule has 6 nitrogen and oxygen atoms in total. The van der Waals surface area contributed by atoms with Crippen LogP contribution in [0.2, 0.25) is 0 Å². The number of methoxy groups -OCH3 is 1. The third kappa shape index (κ3) is 23.0. The highest BCUT2D eigenvalue weighted by Gasteiger charge is 2.08. The van der Waals surface area contributed by atoms with Crippen LogP contribution in [0.15, 0.2) is 0 Å². The number of carboxylic acid groups (broad SMARTS) is 1. The number of ether oxygens (including phenoxy) is 2. The SMILES string of the molecule is C.CCCO.COC(=O)O.O=C1CCCO1. The maximum absolute atomic E-state index is 10.0.